The van der Waals surface area contributed by atoms with E-state index in [2.05, 4.69) is 0 Å². The lowest BCUT2D eigenvalue weighted by Gasteiger charge is -2.30. The van der Waals surface area contributed by atoms with Crippen molar-refractivity contribution in [3.63, 3.8) is 0 Å². The van der Waals surface area contributed by atoms with Gasteiger partial charge >= 0.3 is 6.09 Å². The van der Waals surface area contributed by atoms with Gasteiger partial charge in [-0.15, -0.1) is 0 Å². The van der Waals surface area contributed by atoms with Crippen LogP contribution in [0.15, 0.2) is 29.2 Å². The highest BCUT2D eigenvalue weighted by Crippen LogP contribution is 2.24. The van der Waals surface area contributed by atoms with Crippen LogP contribution in [0, 0.1) is 6.92 Å². The van der Waals surface area contributed by atoms with E-state index in [-0.39, 0.29) is 11.8 Å². The molecule has 5 nitrogen and oxygen atoms in total. The van der Waals surface area contributed by atoms with Crippen LogP contribution < -0.4 is 0 Å². The summed E-state index contributed by atoms with van der Waals surface area (Å²) in [6.45, 7) is 7.99. The van der Waals surface area contributed by atoms with Crippen LogP contribution in [0.3, 0.4) is 0 Å². The largest absolute Gasteiger partial charge is 0.444 e. The molecule has 0 bridgehead atoms. The van der Waals surface area contributed by atoms with Gasteiger partial charge in [0.05, 0.1) is 28.7 Å². The number of ether oxygens (including phenoxy) is 1. The van der Waals surface area contributed by atoms with Crippen molar-refractivity contribution in [3.8, 4) is 0 Å². The average molecular weight is 353 g/mol. The van der Waals surface area contributed by atoms with Crippen LogP contribution in [-0.4, -0.2) is 50.4 Å². The van der Waals surface area contributed by atoms with Gasteiger partial charge in [-0.05, 0) is 52.7 Å². The van der Waals surface area contributed by atoms with E-state index in [1.54, 1.807) is 4.90 Å². The highest BCUT2D eigenvalue weighted by Gasteiger charge is 2.37. The first-order valence-corrected chi connectivity index (χ1v) is 9.62. The van der Waals surface area contributed by atoms with Gasteiger partial charge in [0.2, 0.25) is 0 Å². The van der Waals surface area contributed by atoms with Crippen molar-refractivity contribution in [3.05, 3.63) is 29.8 Å². The molecule has 6 heteroatoms. The summed E-state index contributed by atoms with van der Waals surface area (Å²) >= 11 is 0. The Labute approximate surface area is 146 Å². The zero-order valence-corrected chi connectivity index (χ0v) is 15.6. The first kappa shape index (κ1) is 18.9. The molecule has 1 aliphatic rings. The quantitative estimate of drug-likeness (QED) is 0.904. The number of aliphatic hydroxyl groups is 1. The van der Waals surface area contributed by atoms with Crippen molar-refractivity contribution in [2.45, 2.75) is 63.2 Å². The maximum Gasteiger partial charge on any atom is 0.410 e. The van der Waals surface area contributed by atoms with Gasteiger partial charge < -0.3 is 14.7 Å². The third-order valence-corrected chi connectivity index (χ3v) is 5.42. The number of rotatable bonds is 4. The summed E-state index contributed by atoms with van der Waals surface area (Å²) in [7, 11) is -1.29. The summed E-state index contributed by atoms with van der Waals surface area (Å²) in [4.78, 5) is 14.6. The van der Waals surface area contributed by atoms with E-state index in [9.17, 15) is 14.1 Å². The van der Waals surface area contributed by atoms with Gasteiger partial charge in [0.25, 0.3) is 0 Å². The van der Waals surface area contributed by atoms with Crippen LogP contribution in [0.5, 0.6) is 0 Å². The molecule has 1 N–H and O–H groups in total. The SMILES string of the molecule is Cc1ccc(S(=O)C[C@@H](O)[C@@H]2CCCN2C(=O)OC(C)(C)C)cc1. The molecule has 0 aliphatic carbocycles. The van der Waals surface area contributed by atoms with Gasteiger partial charge in [0.15, 0.2) is 0 Å². The van der Waals surface area contributed by atoms with E-state index in [0.717, 1.165) is 12.0 Å². The minimum absolute atomic E-state index is 0.118. The smallest absolute Gasteiger partial charge is 0.410 e. The van der Waals surface area contributed by atoms with E-state index in [1.807, 2.05) is 52.0 Å². The average Bonchev–Trinajstić information content (AvgIpc) is 2.95. The zero-order valence-electron chi connectivity index (χ0n) is 14.8. The summed E-state index contributed by atoms with van der Waals surface area (Å²) < 4.78 is 17.8. The number of hydrogen-bond acceptors (Lipinski definition) is 4. The lowest BCUT2D eigenvalue weighted by atomic mass is 10.1. The van der Waals surface area contributed by atoms with Crippen molar-refractivity contribution in [1.29, 1.82) is 0 Å². The molecule has 1 unspecified atom stereocenters. The predicted molar refractivity (Wildman–Crippen MR) is 94.4 cm³/mol. The lowest BCUT2D eigenvalue weighted by Crippen LogP contribution is -2.46. The molecule has 24 heavy (non-hydrogen) atoms. The number of aliphatic hydroxyl groups excluding tert-OH is 1. The summed E-state index contributed by atoms with van der Waals surface area (Å²) in [5.41, 5.74) is 0.531. The molecule has 0 saturated carbocycles. The standard InChI is InChI=1S/C18H27NO4S/c1-13-7-9-14(10-8-13)24(22)12-16(20)15-6-5-11-19(15)17(21)23-18(2,3)4/h7-10,15-16,20H,5-6,11-12H2,1-4H3/t15-,16+,24?/m0/s1. The molecule has 1 fully saturated rings. The second kappa shape index (κ2) is 7.66. The summed E-state index contributed by atoms with van der Waals surface area (Å²) in [5.74, 6) is 0.118. The maximum atomic E-state index is 12.4. The van der Waals surface area contributed by atoms with Crippen LogP contribution >= 0.6 is 0 Å². The molecular formula is C18H27NO4S. The fourth-order valence-corrected chi connectivity index (χ4v) is 3.96. The van der Waals surface area contributed by atoms with Crippen molar-refractivity contribution in [2.24, 2.45) is 0 Å². The number of carbonyl (C=O) groups excluding carboxylic acids is 1. The van der Waals surface area contributed by atoms with E-state index >= 15 is 0 Å². The molecule has 1 aliphatic heterocycles. The van der Waals surface area contributed by atoms with Crippen molar-refractivity contribution < 1.29 is 18.8 Å². The highest BCUT2D eigenvalue weighted by molar-refractivity contribution is 7.85. The molecular weight excluding hydrogens is 326 g/mol. The van der Waals surface area contributed by atoms with Gasteiger partial charge in [0, 0.05) is 11.4 Å². The van der Waals surface area contributed by atoms with E-state index in [1.165, 1.54) is 0 Å². The van der Waals surface area contributed by atoms with Gasteiger partial charge in [-0.3, -0.25) is 4.21 Å². The van der Waals surface area contributed by atoms with Gasteiger partial charge in [-0.25, -0.2) is 4.79 Å². The van der Waals surface area contributed by atoms with Crippen LogP contribution in [0.4, 0.5) is 4.79 Å². The molecule has 0 aromatic heterocycles. The van der Waals surface area contributed by atoms with E-state index < -0.39 is 28.6 Å². The topological polar surface area (TPSA) is 66.8 Å². The number of hydrogen-bond donors (Lipinski definition) is 1. The zero-order chi connectivity index (χ0) is 17.9. The van der Waals surface area contributed by atoms with Crippen molar-refractivity contribution in [2.75, 3.05) is 12.3 Å². The Balaban J connectivity index is 2.00. The monoisotopic (exact) mass is 353 g/mol. The van der Waals surface area contributed by atoms with E-state index in [0.29, 0.717) is 17.9 Å². The summed E-state index contributed by atoms with van der Waals surface area (Å²) in [6, 6.07) is 7.11. The Morgan fingerprint density at radius 1 is 1.38 bits per heavy atom. The molecule has 0 radical (unpaired) electrons. The normalized spacial score (nSPS) is 20.7. The maximum absolute atomic E-state index is 12.4. The summed E-state index contributed by atoms with van der Waals surface area (Å²) in [5, 5.41) is 10.5. The molecule has 134 valence electrons. The lowest BCUT2D eigenvalue weighted by molar-refractivity contribution is 0.00854. The number of benzene rings is 1. The third kappa shape index (κ3) is 5.05. The molecule has 0 spiro atoms. The Bertz CT molecular complexity index is 594. The second-order valence-corrected chi connectivity index (χ2v) is 8.77. The van der Waals surface area contributed by atoms with Gasteiger partial charge in [-0.1, -0.05) is 17.7 Å². The Morgan fingerprint density at radius 3 is 2.58 bits per heavy atom. The van der Waals surface area contributed by atoms with Gasteiger partial charge in [0.1, 0.15) is 5.60 Å². The van der Waals surface area contributed by atoms with Crippen molar-refractivity contribution >= 4 is 16.9 Å². The Morgan fingerprint density at radius 2 is 2.00 bits per heavy atom. The number of carbonyl (C=O) groups is 1. The van der Waals surface area contributed by atoms with Crippen molar-refractivity contribution in [1.82, 2.24) is 4.90 Å². The highest BCUT2D eigenvalue weighted by atomic mass is 32.2. The fraction of sp³-hybridized carbons (Fsp3) is 0.611. The Kier molecular flexibility index (Phi) is 6.04. The number of aryl methyl sites for hydroxylation is 1. The molecule has 2 rings (SSSR count). The van der Waals surface area contributed by atoms with E-state index in [4.69, 9.17) is 4.74 Å². The van der Waals surface area contributed by atoms with Crippen LogP contribution in [-0.2, 0) is 15.5 Å². The number of amides is 1. The van der Waals surface area contributed by atoms with Crippen LogP contribution in [0.2, 0.25) is 0 Å². The minimum Gasteiger partial charge on any atom is -0.444 e. The minimum atomic E-state index is -1.29. The molecule has 1 heterocycles. The van der Waals surface area contributed by atoms with Crippen LogP contribution in [0.1, 0.15) is 39.2 Å². The molecule has 1 amide bonds. The molecule has 1 aromatic rings. The predicted octanol–water partition coefficient (Wildman–Crippen LogP) is 2.86. The number of likely N-dealkylation sites (tertiary alicyclic amines) is 1. The molecule has 3 atom stereocenters. The fourth-order valence-electron chi connectivity index (χ4n) is 2.79. The Hall–Kier alpha value is -1.40. The first-order chi connectivity index (χ1) is 11.2. The summed E-state index contributed by atoms with van der Waals surface area (Å²) in [6.07, 6.45) is 0.274. The van der Waals surface area contributed by atoms with Gasteiger partial charge in [-0.2, -0.15) is 0 Å². The third-order valence-electron chi connectivity index (χ3n) is 3.98. The second-order valence-electron chi connectivity index (χ2n) is 7.28. The molecule has 1 saturated heterocycles. The van der Waals surface area contributed by atoms with Crippen LogP contribution in [0.25, 0.3) is 0 Å². The number of nitrogens with zero attached hydrogens (tertiary/aromatic N) is 1. The molecule has 1 aromatic carbocycles. The first-order valence-electron chi connectivity index (χ1n) is 8.30.